The Balaban J connectivity index is 0.00000338. The molecule has 0 radical (unpaired) electrons. The zero-order valence-corrected chi connectivity index (χ0v) is 17.1. The molecular formula is C16H25ClN2O5S2. The van der Waals surface area contributed by atoms with Crippen LogP contribution in [0.5, 0.6) is 5.75 Å². The molecule has 0 unspecified atom stereocenters. The SMILES string of the molecule is CCS(=O)(=O)CCOc1ccc(S(=O)(=O)NCC2=CCNCC2)cc1.Cl. The minimum Gasteiger partial charge on any atom is -0.493 e. The fourth-order valence-electron chi connectivity index (χ4n) is 2.25. The second kappa shape index (κ2) is 10.3. The van der Waals surface area contributed by atoms with Crippen LogP contribution in [0.1, 0.15) is 13.3 Å². The first-order chi connectivity index (χ1) is 11.8. The molecule has 1 aliphatic rings. The summed E-state index contributed by atoms with van der Waals surface area (Å²) in [5.41, 5.74) is 1.07. The number of sulfonamides is 1. The first-order valence-electron chi connectivity index (χ1n) is 8.14. The van der Waals surface area contributed by atoms with Crippen LogP contribution in [0.4, 0.5) is 0 Å². The summed E-state index contributed by atoms with van der Waals surface area (Å²) in [7, 11) is -6.67. The average molecular weight is 425 g/mol. The molecule has 2 N–H and O–H groups in total. The molecule has 0 atom stereocenters. The topological polar surface area (TPSA) is 102 Å². The van der Waals surface area contributed by atoms with E-state index in [-0.39, 0.29) is 35.4 Å². The van der Waals surface area contributed by atoms with Gasteiger partial charge in [0.1, 0.15) is 12.4 Å². The van der Waals surface area contributed by atoms with Gasteiger partial charge in [0.15, 0.2) is 9.84 Å². The molecule has 148 valence electrons. The predicted octanol–water partition coefficient (Wildman–Crippen LogP) is 1.12. The third kappa shape index (κ3) is 7.24. The van der Waals surface area contributed by atoms with E-state index in [1.165, 1.54) is 24.3 Å². The normalized spacial score (nSPS) is 15.0. The molecule has 0 aromatic heterocycles. The molecule has 0 spiro atoms. The first kappa shape index (κ1) is 22.9. The van der Waals surface area contributed by atoms with Crippen LogP contribution in [-0.2, 0) is 19.9 Å². The number of sulfone groups is 1. The fraction of sp³-hybridized carbons (Fsp3) is 0.500. The molecule has 1 heterocycles. The van der Waals surface area contributed by atoms with Crippen molar-refractivity contribution in [3.05, 3.63) is 35.9 Å². The summed E-state index contributed by atoms with van der Waals surface area (Å²) < 4.78 is 55.3. The maximum absolute atomic E-state index is 12.3. The van der Waals surface area contributed by atoms with Gasteiger partial charge in [0.25, 0.3) is 0 Å². The summed E-state index contributed by atoms with van der Waals surface area (Å²) in [6.07, 6.45) is 2.82. The van der Waals surface area contributed by atoms with Crippen molar-refractivity contribution < 1.29 is 21.6 Å². The van der Waals surface area contributed by atoms with Crippen molar-refractivity contribution >= 4 is 32.3 Å². The Labute approximate surface area is 161 Å². The number of nitrogens with one attached hydrogen (secondary N) is 2. The molecule has 0 fully saturated rings. The molecule has 7 nitrogen and oxygen atoms in total. The van der Waals surface area contributed by atoms with Gasteiger partial charge in [-0.1, -0.05) is 18.6 Å². The molecule has 0 amide bonds. The highest BCUT2D eigenvalue weighted by molar-refractivity contribution is 7.91. The largest absolute Gasteiger partial charge is 0.493 e. The quantitative estimate of drug-likeness (QED) is 0.576. The van der Waals surface area contributed by atoms with E-state index < -0.39 is 19.9 Å². The highest BCUT2D eigenvalue weighted by Gasteiger charge is 2.15. The second-order valence-electron chi connectivity index (χ2n) is 5.70. The van der Waals surface area contributed by atoms with Crippen molar-refractivity contribution in [3.8, 4) is 5.75 Å². The minimum absolute atomic E-state index is 0. The molecule has 1 aliphatic heterocycles. The van der Waals surface area contributed by atoms with Gasteiger partial charge in [0.2, 0.25) is 10.0 Å². The van der Waals surface area contributed by atoms with Crippen molar-refractivity contribution in [2.24, 2.45) is 0 Å². The average Bonchev–Trinajstić information content (AvgIpc) is 2.61. The fourth-order valence-corrected chi connectivity index (χ4v) is 3.91. The number of ether oxygens (including phenoxy) is 1. The van der Waals surface area contributed by atoms with Crippen LogP contribution in [0.3, 0.4) is 0 Å². The van der Waals surface area contributed by atoms with E-state index >= 15 is 0 Å². The van der Waals surface area contributed by atoms with E-state index in [1.54, 1.807) is 6.92 Å². The van der Waals surface area contributed by atoms with Crippen LogP contribution in [0.2, 0.25) is 0 Å². The molecule has 1 aromatic rings. The summed E-state index contributed by atoms with van der Waals surface area (Å²) in [6.45, 7) is 3.55. The van der Waals surface area contributed by atoms with Crippen molar-refractivity contribution in [2.75, 3.05) is 37.7 Å². The zero-order chi connectivity index (χ0) is 18.3. The van der Waals surface area contributed by atoms with Crippen LogP contribution in [0.15, 0.2) is 40.8 Å². The van der Waals surface area contributed by atoms with Gasteiger partial charge in [-0.05, 0) is 37.2 Å². The van der Waals surface area contributed by atoms with E-state index in [0.29, 0.717) is 12.3 Å². The van der Waals surface area contributed by atoms with E-state index in [4.69, 9.17) is 4.74 Å². The lowest BCUT2D eigenvalue weighted by Crippen LogP contribution is -2.29. The Bertz CT molecular complexity index is 806. The van der Waals surface area contributed by atoms with Crippen molar-refractivity contribution in [1.82, 2.24) is 10.0 Å². The van der Waals surface area contributed by atoms with Crippen molar-refractivity contribution in [1.29, 1.82) is 0 Å². The van der Waals surface area contributed by atoms with Crippen molar-refractivity contribution in [2.45, 2.75) is 18.2 Å². The summed E-state index contributed by atoms with van der Waals surface area (Å²) in [5.74, 6) is 0.451. The monoisotopic (exact) mass is 424 g/mol. The van der Waals surface area contributed by atoms with Gasteiger partial charge in [-0.3, -0.25) is 0 Å². The Morgan fingerprint density at radius 3 is 2.42 bits per heavy atom. The molecule has 10 heteroatoms. The van der Waals surface area contributed by atoms with Gasteiger partial charge < -0.3 is 10.1 Å². The first-order valence-corrected chi connectivity index (χ1v) is 11.4. The molecule has 0 bridgehead atoms. The summed E-state index contributed by atoms with van der Waals surface area (Å²) in [6, 6.07) is 5.94. The Hall–Kier alpha value is -1.13. The third-order valence-electron chi connectivity index (χ3n) is 3.88. The van der Waals surface area contributed by atoms with E-state index in [0.717, 1.165) is 25.1 Å². The Morgan fingerprint density at radius 2 is 1.85 bits per heavy atom. The molecule has 26 heavy (non-hydrogen) atoms. The van der Waals surface area contributed by atoms with Gasteiger partial charge >= 0.3 is 0 Å². The molecule has 0 aliphatic carbocycles. The molecule has 1 aromatic carbocycles. The van der Waals surface area contributed by atoms with Crippen molar-refractivity contribution in [3.63, 3.8) is 0 Å². The molecule has 0 saturated carbocycles. The predicted molar refractivity (Wildman–Crippen MR) is 104 cm³/mol. The summed E-state index contributed by atoms with van der Waals surface area (Å²) >= 11 is 0. The van der Waals surface area contributed by atoms with Gasteiger partial charge in [-0.15, -0.1) is 12.4 Å². The van der Waals surface area contributed by atoms with Crippen LogP contribution >= 0.6 is 12.4 Å². The highest BCUT2D eigenvalue weighted by Crippen LogP contribution is 2.16. The maximum atomic E-state index is 12.3. The van der Waals surface area contributed by atoms with Gasteiger partial charge in [-0.25, -0.2) is 21.6 Å². The Morgan fingerprint density at radius 1 is 1.15 bits per heavy atom. The number of hydrogen-bond donors (Lipinski definition) is 2. The third-order valence-corrected chi connectivity index (χ3v) is 6.97. The lowest BCUT2D eigenvalue weighted by atomic mass is 10.1. The van der Waals surface area contributed by atoms with Crippen LogP contribution in [0.25, 0.3) is 0 Å². The second-order valence-corrected chi connectivity index (χ2v) is 9.94. The molecule has 0 saturated heterocycles. The lowest BCUT2D eigenvalue weighted by Gasteiger charge is -2.15. The van der Waals surface area contributed by atoms with Gasteiger partial charge in [0, 0.05) is 18.8 Å². The van der Waals surface area contributed by atoms with E-state index in [9.17, 15) is 16.8 Å². The maximum Gasteiger partial charge on any atom is 0.240 e. The summed E-state index contributed by atoms with van der Waals surface area (Å²) in [5, 5.41) is 3.17. The number of benzene rings is 1. The van der Waals surface area contributed by atoms with E-state index in [2.05, 4.69) is 10.0 Å². The zero-order valence-electron chi connectivity index (χ0n) is 14.6. The number of hydrogen-bond acceptors (Lipinski definition) is 6. The molecule has 2 rings (SSSR count). The van der Waals surface area contributed by atoms with Gasteiger partial charge in [0.05, 0.1) is 10.6 Å². The standard InChI is InChI=1S/C16H24N2O5S2.ClH/c1-2-24(19,20)12-11-23-15-3-5-16(6-4-15)25(21,22)18-13-14-7-9-17-10-8-14;/h3-7,17-18H,2,8-13H2,1H3;1H. The minimum atomic E-state index is -3.59. The van der Waals surface area contributed by atoms with Crippen LogP contribution in [-0.4, -0.2) is 54.6 Å². The van der Waals surface area contributed by atoms with E-state index in [1.807, 2.05) is 6.08 Å². The number of rotatable bonds is 9. The number of halogens is 1. The van der Waals surface area contributed by atoms with Crippen LogP contribution in [0, 0.1) is 0 Å². The van der Waals surface area contributed by atoms with Crippen LogP contribution < -0.4 is 14.8 Å². The lowest BCUT2D eigenvalue weighted by molar-refractivity contribution is 0.340. The highest BCUT2D eigenvalue weighted by atomic mass is 35.5. The van der Waals surface area contributed by atoms with Gasteiger partial charge in [-0.2, -0.15) is 0 Å². The molecular weight excluding hydrogens is 400 g/mol. The Kier molecular flexibility index (Phi) is 9.05. The summed E-state index contributed by atoms with van der Waals surface area (Å²) in [4.78, 5) is 0.149. The smallest absolute Gasteiger partial charge is 0.240 e.